The molecule has 0 amide bonds. The Morgan fingerprint density at radius 2 is 1.65 bits per heavy atom. The van der Waals surface area contributed by atoms with Crippen LogP contribution >= 0.6 is 0 Å². The van der Waals surface area contributed by atoms with Gasteiger partial charge in [-0.15, -0.1) is 0 Å². The number of hydrogen-bond donors (Lipinski definition) is 0. The van der Waals surface area contributed by atoms with Crippen molar-refractivity contribution >= 4 is 19.2 Å². The molecule has 6 heteroatoms. The molecule has 2 unspecified atom stereocenters. The highest BCUT2D eigenvalue weighted by Crippen LogP contribution is 2.40. The Bertz CT molecular complexity index is 486. The van der Waals surface area contributed by atoms with Crippen molar-refractivity contribution in [2.45, 2.75) is 30.8 Å². The van der Waals surface area contributed by atoms with Crippen LogP contribution in [-0.4, -0.2) is 32.0 Å². The van der Waals surface area contributed by atoms with Crippen molar-refractivity contribution in [3.05, 3.63) is 35.9 Å². The van der Waals surface area contributed by atoms with Crippen molar-refractivity contribution in [2.75, 3.05) is 6.79 Å². The fourth-order valence-electron chi connectivity index (χ4n) is 2.36. The summed E-state index contributed by atoms with van der Waals surface area (Å²) in [5, 5.41) is 0. The summed E-state index contributed by atoms with van der Waals surface area (Å²) in [7, 11) is 1.91. The van der Waals surface area contributed by atoms with Crippen LogP contribution in [0.3, 0.4) is 0 Å². The molecule has 0 spiro atoms. The normalized spacial score (nSPS) is 27.0. The van der Waals surface area contributed by atoms with Crippen LogP contribution in [0.2, 0.25) is 5.82 Å². The summed E-state index contributed by atoms with van der Waals surface area (Å²) in [5.74, 6) is -0.902. The number of epoxide rings is 1. The minimum atomic E-state index is -0.351. The van der Waals surface area contributed by atoms with Gasteiger partial charge in [0, 0.05) is 12.8 Å². The first-order valence-electron chi connectivity index (χ1n) is 6.59. The number of esters is 2. The maximum atomic E-state index is 11.4. The summed E-state index contributed by atoms with van der Waals surface area (Å²) in [6, 6.07) is 9.81. The van der Waals surface area contributed by atoms with Gasteiger partial charge in [0.2, 0.25) is 6.79 Å². The largest absolute Gasteiger partial charge is 0.428 e. The molecular formula is C14H14BO5. The second-order valence-electron chi connectivity index (χ2n) is 4.94. The van der Waals surface area contributed by atoms with Crippen LogP contribution in [0, 0.1) is 0 Å². The van der Waals surface area contributed by atoms with Crippen molar-refractivity contribution < 1.29 is 23.8 Å². The van der Waals surface area contributed by atoms with Crippen LogP contribution in [0.15, 0.2) is 30.3 Å². The van der Waals surface area contributed by atoms with Crippen LogP contribution in [0.25, 0.3) is 0 Å². The molecule has 5 nitrogen and oxygen atoms in total. The highest BCUT2D eigenvalue weighted by atomic mass is 16.7. The lowest BCUT2D eigenvalue weighted by molar-refractivity contribution is -0.170. The highest BCUT2D eigenvalue weighted by Gasteiger charge is 2.42. The summed E-state index contributed by atoms with van der Waals surface area (Å²) in [6.45, 7) is -0.281. The van der Waals surface area contributed by atoms with Gasteiger partial charge in [0.05, 0.1) is 6.00 Å². The van der Waals surface area contributed by atoms with Crippen molar-refractivity contribution in [3.8, 4) is 0 Å². The molecule has 0 aliphatic carbocycles. The maximum Gasteiger partial charge on any atom is 0.308 e. The lowest BCUT2D eigenvalue weighted by Crippen LogP contribution is -2.24. The zero-order chi connectivity index (χ0) is 13.9. The number of benzene rings is 1. The SMILES string of the molecule is O=C1CC([B]C2OC2c2ccccc2)CC(=O)OCO1. The zero-order valence-corrected chi connectivity index (χ0v) is 10.9. The van der Waals surface area contributed by atoms with E-state index in [2.05, 4.69) is 0 Å². The molecule has 2 fully saturated rings. The molecule has 0 N–H and O–H groups in total. The van der Waals surface area contributed by atoms with Gasteiger partial charge in [-0.25, -0.2) is 0 Å². The summed E-state index contributed by atoms with van der Waals surface area (Å²) in [5.41, 5.74) is 1.10. The maximum absolute atomic E-state index is 11.4. The number of rotatable bonds is 3. The Hall–Kier alpha value is -1.82. The van der Waals surface area contributed by atoms with E-state index in [4.69, 9.17) is 14.2 Å². The molecule has 2 aliphatic rings. The second kappa shape index (κ2) is 5.67. The van der Waals surface area contributed by atoms with E-state index in [-0.39, 0.29) is 49.5 Å². The quantitative estimate of drug-likeness (QED) is 0.473. The van der Waals surface area contributed by atoms with E-state index < -0.39 is 0 Å². The van der Waals surface area contributed by atoms with E-state index in [9.17, 15) is 9.59 Å². The first kappa shape index (κ1) is 13.2. The van der Waals surface area contributed by atoms with Crippen LogP contribution in [0.4, 0.5) is 0 Å². The van der Waals surface area contributed by atoms with E-state index in [1.54, 1.807) is 0 Å². The Labute approximate surface area is 117 Å². The lowest BCUT2D eigenvalue weighted by Gasteiger charge is -2.17. The number of carbonyl (C=O) groups excluding carboxylic acids is 2. The molecule has 20 heavy (non-hydrogen) atoms. The number of cyclic esters (lactones) is 2. The van der Waals surface area contributed by atoms with Crippen molar-refractivity contribution in [3.63, 3.8) is 0 Å². The molecular weight excluding hydrogens is 259 g/mol. The molecule has 2 aliphatic heterocycles. The van der Waals surface area contributed by atoms with Crippen LogP contribution < -0.4 is 0 Å². The lowest BCUT2D eigenvalue weighted by atomic mass is 9.58. The number of hydrogen-bond acceptors (Lipinski definition) is 5. The minimum Gasteiger partial charge on any atom is -0.428 e. The molecule has 0 aromatic heterocycles. The Kier molecular flexibility index (Phi) is 3.73. The predicted molar refractivity (Wildman–Crippen MR) is 69.8 cm³/mol. The van der Waals surface area contributed by atoms with Crippen molar-refractivity contribution in [1.29, 1.82) is 0 Å². The van der Waals surface area contributed by atoms with Crippen LogP contribution in [0.5, 0.6) is 0 Å². The van der Waals surface area contributed by atoms with Gasteiger partial charge in [-0.1, -0.05) is 30.3 Å². The standard InChI is InChI=1S/C14H14BO5/c16-11-6-10(7-12(17)19-8-18-11)15-14-13(20-14)9-4-2-1-3-5-9/h1-5,10,13-14H,6-8H2. The molecule has 2 saturated heterocycles. The van der Waals surface area contributed by atoms with Crippen LogP contribution in [-0.2, 0) is 23.8 Å². The molecule has 1 radical (unpaired) electrons. The van der Waals surface area contributed by atoms with Gasteiger partial charge in [-0.3, -0.25) is 9.59 Å². The molecule has 2 atom stereocenters. The van der Waals surface area contributed by atoms with Crippen LogP contribution in [0.1, 0.15) is 24.5 Å². The predicted octanol–water partition coefficient (Wildman–Crippen LogP) is 1.41. The first-order chi connectivity index (χ1) is 9.72. The Morgan fingerprint density at radius 3 is 2.30 bits per heavy atom. The van der Waals surface area contributed by atoms with E-state index in [1.807, 2.05) is 37.6 Å². The van der Waals surface area contributed by atoms with Crippen molar-refractivity contribution in [2.24, 2.45) is 0 Å². The summed E-state index contributed by atoms with van der Waals surface area (Å²) < 4.78 is 15.1. The zero-order valence-electron chi connectivity index (χ0n) is 10.9. The number of ether oxygens (including phenoxy) is 3. The fraction of sp³-hybridized carbons (Fsp3) is 0.429. The number of carbonyl (C=O) groups is 2. The molecule has 1 aromatic carbocycles. The molecule has 0 bridgehead atoms. The third-order valence-corrected chi connectivity index (χ3v) is 3.41. The second-order valence-corrected chi connectivity index (χ2v) is 4.94. The third kappa shape index (κ3) is 3.19. The summed E-state index contributed by atoms with van der Waals surface area (Å²) >= 11 is 0. The van der Waals surface area contributed by atoms with E-state index in [1.165, 1.54) is 0 Å². The van der Waals surface area contributed by atoms with Gasteiger partial charge in [0.1, 0.15) is 6.10 Å². The minimum absolute atomic E-state index is 0.0219. The Balaban J connectivity index is 1.57. The molecule has 1 aromatic rings. The van der Waals surface area contributed by atoms with Gasteiger partial charge in [-0.05, 0) is 11.4 Å². The third-order valence-electron chi connectivity index (χ3n) is 3.41. The fourth-order valence-corrected chi connectivity index (χ4v) is 2.36. The summed E-state index contributed by atoms with van der Waals surface area (Å²) in [4.78, 5) is 22.9. The monoisotopic (exact) mass is 273 g/mol. The smallest absolute Gasteiger partial charge is 0.308 e. The van der Waals surface area contributed by atoms with Gasteiger partial charge in [-0.2, -0.15) is 0 Å². The average Bonchev–Trinajstić information content (AvgIpc) is 3.17. The van der Waals surface area contributed by atoms with Gasteiger partial charge < -0.3 is 14.2 Å². The van der Waals surface area contributed by atoms with Gasteiger partial charge in [0.25, 0.3) is 0 Å². The first-order valence-corrected chi connectivity index (χ1v) is 6.59. The van der Waals surface area contributed by atoms with Gasteiger partial charge in [0.15, 0.2) is 7.28 Å². The van der Waals surface area contributed by atoms with E-state index in [0.717, 1.165) is 5.56 Å². The Morgan fingerprint density at radius 1 is 1.00 bits per heavy atom. The molecule has 0 saturated carbocycles. The molecule has 2 heterocycles. The topological polar surface area (TPSA) is 65.1 Å². The van der Waals surface area contributed by atoms with E-state index >= 15 is 0 Å². The van der Waals surface area contributed by atoms with E-state index in [0.29, 0.717) is 0 Å². The molecule has 103 valence electrons. The van der Waals surface area contributed by atoms with Crippen molar-refractivity contribution in [1.82, 2.24) is 0 Å². The van der Waals surface area contributed by atoms with Gasteiger partial charge >= 0.3 is 11.9 Å². The highest BCUT2D eigenvalue weighted by molar-refractivity contribution is 6.41. The molecule has 3 rings (SSSR count). The average molecular weight is 273 g/mol. The summed E-state index contributed by atoms with van der Waals surface area (Å²) in [6.07, 6.45) is 0.404.